The van der Waals surface area contributed by atoms with Gasteiger partial charge in [-0.3, -0.25) is 0 Å². The van der Waals surface area contributed by atoms with Gasteiger partial charge in [-0.1, -0.05) is 151 Å². The second-order valence-electron chi connectivity index (χ2n) is 11.4. The quantitative estimate of drug-likeness (QED) is 0.179. The first-order chi connectivity index (χ1) is 30.5. The first kappa shape index (κ1) is 18.2. The lowest BCUT2D eigenvalue weighted by Gasteiger charge is -2.12. The summed E-state index contributed by atoms with van der Waals surface area (Å²) in [4.78, 5) is 14.3. The van der Waals surface area contributed by atoms with Crippen molar-refractivity contribution in [3.05, 3.63) is 175 Å². The van der Waals surface area contributed by atoms with Crippen LogP contribution in [-0.2, 0) is 0 Å². The van der Waals surface area contributed by atoms with E-state index >= 15 is 0 Å². The molecule has 0 aliphatic heterocycles. The molecule has 0 unspecified atom stereocenters. The normalized spacial score (nSPS) is 15.2. The number of hydrogen-bond donors (Lipinski definition) is 0. The van der Waals surface area contributed by atoms with Gasteiger partial charge in [0.25, 0.3) is 0 Å². The molecule has 0 amide bonds. The van der Waals surface area contributed by atoms with Gasteiger partial charge in [0.1, 0.15) is 11.2 Å². The van der Waals surface area contributed by atoms with Crippen LogP contribution in [0.5, 0.6) is 0 Å². The highest BCUT2D eigenvalue weighted by molar-refractivity contribution is 6.12. The number of aromatic nitrogens is 3. The third-order valence-electron chi connectivity index (χ3n) is 8.21. The van der Waals surface area contributed by atoms with E-state index in [1.165, 1.54) is 6.92 Å². The van der Waals surface area contributed by atoms with Crippen molar-refractivity contribution in [2.45, 2.75) is 6.92 Å². The summed E-state index contributed by atoms with van der Waals surface area (Å²) < 4.78 is 131. The molecule has 2 heterocycles. The molecule has 0 saturated carbocycles. The number of hydrogen-bond acceptors (Lipinski definition) is 4. The molecule has 7 aromatic carbocycles. The molecule has 4 nitrogen and oxygen atoms in total. The lowest BCUT2D eigenvalue weighted by atomic mass is 9.94. The highest BCUT2D eigenvalue weighted by Crippen LogP contribution is 2.38. The van der Waals surface area contributed by atoms with Gasteiger partial charge in [0.2, 0.25) is 0 Å². The summed E-state index contributed by atoms with van der Waals surface area (Å²) in [6.45, 7) is 1.50. The minimum absolute atomic E-state index is 0.000942. The molecule has 0 aliphatic carbocycles. The van der Waals surface area contributed by atoms with Crippen LogP contribution in [0.15, 0.2) is 174 Å². The van der Waals surface area contributed by atoms with Crippen LogP contribution in [0, 0.1) is 6.92 Å². The summed E-state index contributed by atoms with van der Waals surface area (Å²) in [5.41, 5.74) is 0.616. The molecule has 0 radical (unpaired) electrons. The molecule has 0 spiro atoms. The fraction of sp³-hybridized carbons (Fsp3) is 0.0217. The fourth-order valence-corrected chi connectivity index (χ4v) is 5.77. The monoisotopic (exact) mass is 655 g/mol. The topological polar surface area (TPSA) is 51.8 Å². The van der Waals surface area contributed by atoms with Gasteiger partial charge in [0.05, 0.1) is 19.2 Å². The van der Waals surface area contributed by atoms with Gasteiger partial charge in [-0.2, -0.15) is 0 Å². The largest absolute Gasteiger partial charge is 0.456 e. The zero-order chi connectivity index (χ0) is 45.6. The molecule has 0 fully saturated rings. The molecule has 2 aromatic heterocycles. The Morgan fingerprint density at radius 1 is 0.440 bits per heavy atom. The predicted octanol–water partition coefficient (Wildman–Crippen LogP) is 12.1. The maximum atomic E-state index is 9.54. The van der Waals surface area contributed by atoms with Crippen LogP contribution >= 0.6 is 0 Å². The van der Waals surface area contributed by atoms with Crippen molar-refractivity contribution in [1.29, 1.82) is 0 Å². The van der Waals surface area contributed by atoms with E-state index in [4.69, 9.17) is 33.1 Å². The van der Waals surface area contributed by atoms with Gasteiger partial charge in [-0.25, -0.2) is 15.0 Å². The lowest BCUT2D eigenvalue weighted by Crippen LogP contribution is -2.01. The Labute approximate surface area is 310 Å². The molecule has 9 aromatic rings. The Bertz CT molecular complexity index is 3410. The number of benzene rings is 7. The van der Waals surface area contributed by atoms with Crippen LogP contribution in [0.3, 0.4) is 0 Å². The molecule has 0 N–H and O–H groups in total. The van der Waals surface area contributed by atoms with Gasteiger partial charge in [0, 0.05) is 27.5 Å². The Morgan fingerprint density at radius 2 is 1.02 bits per heavy atom. The Morgan fingerprint density at radius 3 is 1.80 bits per heavy atom. The van der Waals surface area contributed by atoms with Crippen molar-refractivity contribution in [1.82, 2.24) is 15.0 Å². The molecule has 0 bridgehead atoms. The summed E-state index contributed by atoms with van der Waals surface area (Å²) in [6.07, 6.45) is 0. The summed E-state index contributed by atoms with van der Waals surface area (Å²) in [5, 5.41) is -0.563. The highest BCUT2D eigenvalue weighted by Gasteiger charge is 2.16. The van der Waals surface area contributed by atoms with Gasteiger partial charge < -0.3 is 4.42 Å². The number of furan rings is 1. The van der Waals surface area contributed by atoms with Crippen LogP contribution in [0.25, 0.3) is 89.5 Å². The van der Waals surface area contributed by atoms with E-state index < -0.39 is 118 Å². The van der Waals surface area contributed by atoms with E-state index in [0.717, 1.165) is 11.1 Å². The Kier molecular flexibility index (Phi) is 4.52. The summed E-state index contributed by atoms with van der Waals surface area (Å²) in [5.74, 6) is 0.484. The summed E-state index contributed by atoms with van der Waals surface area (Å²) in [7, 11) is 0. The van der Waals surface area contributed by atoms with Gasteiger partial charge in [-0.15, -0.1) is 0 Å². The Balaban J connectivity index is 1.28. The molecule has 50 heavy (non-hydrogen) atoms. The molecule has 0 aliphatic rings. The molecule has 4 heteroatoms. The van der Waals surface area contributed by atoms with Crippen LogP contribution in [0.4, 0.5) is 0 Å². The second kappa shape index (κ2) is 12.4. The van der Waals surface area contributed by atoms with Gasteiger partial charge >= 0.3 is 0 Å². The van der Waals surface area contributed by atoms with Crippen molar-refractivity contribution in [2.75, 3.05) is 0 Å². The van der Waals surface area contributed by atoms with Crippen LogP contribution in [-0.4, -0.2) is 15.0 Å². The SMILES string of the molecule is [2H]c1c([2H])c(-c2c([2H])c([2H])c(-c3nc(-c4ccccc4)nc(-c4ccc(-c5ccccc5)cc4)n3)c(C)c2[2H])c([2H])c(-c2c([2H])c([2H])c([2H])c3oc4c([2H])c([2H])c([2H])c([2H])c4c23)c1[2H]. The van der Waals surface area contributed by atoms with Crippen LogP contribution in [0.1, 0.15) is 24.8 Å². The molecule has 0 atom stereocenters. The van der Waals surface area contributed by atoms with Crippen LogP contribution < -0.4 is 0 Å². The minimum Gasteiger partial charge on any atom is -0.456 e. The van der Waals surface area contributed by atoms with Crippen molar-refractivity contribution < 1.29 is 23.6 Å². The highest BCUT2D eigenvalue weighted by atomic mass is 16.3. The van der Waals surface area contributed by atoms with E-state index in [9.17, 15) is 5.48 Å². The maximum Gasteiger partial charge on any atom is 0.164 e. The summed E-state index contributed by atoms with van der Waals surface area (Å²) in [6, 6.07) is 17.3. The first-order valence-electron chi connectivity index (χ1n) is 22.6. The lowest BCUT2D eigenvalue weighted by molar-refractivity contribution is 0.669. The molecule has 9 rings (SSSR count). The van der Waals surface area contributed by atoms with Crippen molar-refractivity contribution >= 4 is 21.9 Å². The zero-order valence-electron chi connectivity index (χ0n) is 40.3. The van der Waals surface area contributed by atoms with Crippen LogP contribution in [0.2, 0.25) is 0 Å². The number of para-hydroxylation sites is 1. The molecule has 236 valence electrons. The molecule has 0 saturated heterocycles. The average Bonchev–Trinajstić information content (AvgIpc) is 3.71. The third-order valence-corrected chi connectivity index (χ3v) is 8.21. The number of nitrogens with zero attached hydrogens (tertiary/aromatic N) is 3. The first-order valence-corrected chi connectivity index (χ1v) is 15.6. The van der Waals surface area contributed by atoms with E-state index in [2.05, 4.69) is 0 Å². The number of fused-ring (bicyclic) bond motifs is 3. The van der Waals surface area contributed by atoms with E-state index in [1.807, 2.05) is 72.8 Å². The summed E-state index contributed by atoms with van der Waals surface area (Å²) >= 11 is 0. The smallest absolute Gasteiger partial charge is 0.164 e. The second-order valence-corrected chi connectivity index (χ2v) is 11.4. The molecular weight excluding hydrogens is 611 g/mol. The van der Waals surface area contributed by atoms with E-state index in [1.54, 1.807) is 12.1 Å². The predicted molar refractivity (Wildman–Crippen MR) is 204 cm³/mol. The number of rotatable bonds is 6. The van der Waals surface area contributed by atoms with Crippen molar-refractivity contribution in [3.8, 4) is 67.5 Å². The maximum absolute atomic E-state index is 9.54. The minimum atomic E-state index is -0.787. The van der Waals surface area contributed by atoms with E-state index in [-0.39, 0.29) is 39.4 Å². The third kappa shape index (κ3) is 5.43. The zero-order valence-corrected chi connectivity index (χ0v) is 26.3. The van der Waals surface area contributed by atoms with Gasteiger partial charge in [-0.05, 0) is 64.0 Å². The van der Waals surface area contributed by atoms with Gasteiger partial charge in [0.15, 0.2) is 17.5 Å². The van der Waals surface area contributed by atoms with Crippen molar-refractivity contribution in [2.24, 2.45) is 0 Å². The standard InChI is InChI=1S/C46H31N3O/c1-30-28-36(35-16-10-17-37(29-35)39-19-11-21-42-43(39)40-18-8-9-20-41(40)50-42)26-27-38(30)46-48-44(33-14-6-3-7-15-33)47-45(49-46)34-24-22-32(23-25-34)31-12-4-2-5-13-31/h2-29H,1H3/i8D,9D,10D,11D,16D,17D,18D,19D,20D,21D,26D,27D,28D,29D. The Hall–Kier alpha value is -6.65. The average molecular weight is 656 g/mol. The molecular formula is C46H31N3O. The van der Waals surface area contributed by atoms with E-state index in [0.29, 0.717) is 11.1 Å². The van der Waals surface area contributed by atoms with Crippen molar-refractivity contribution in [3.63, 3.8) is 0 Å². The fourth-order valence-electron chi connectivity index (χ4n) is 5.77.